The predicted octanol–water partition coefficient (Wildman–Crippen LogP) is 3.49. The van der Waals surface area contributed by atoms with Gasteiger partial charge in [0.1, 0.15) is 11.6 Å². The molecule has 1 aromatic carbocycles. The minimum atomic E-state index is -0.844. The second-order valence-electron chi connectivity index (χ2n) is 5.15. The molecule has 0 radical (unpaired) electrons. The van der Waals surface area contributed by atoms with Gasteiger partial charge in [-0.25, -0.2) is 8.78 Å². The van der Waals surface area contributed by atoms with Crippen molar-refractivity contribution in [3.8, 4) is 0 Å². The lowest BCUT2D eigenvalue weighted by Gasteiger charge is -2.26. The van der Waals surface area contributed by atoms with Crippen molar-refractivity contribution in [2.45, 2.75) is 25.7 Å². The number of benzene rings is 1. The van der Waals surface area contributed by atoms with Crippen LogP contribution in [0.25, 0.3) is 0 Å². The lowest BCUT2D eigenvalue weighted by atomic mass is 9.88. The smallest absolute Gasteiger partial charge is 0.254 e. The Balaban J connectivity index is 2.01. The molecule has 19 heavy (non-hydrogen) atoms. The maximum absolute atomic E-state index is 13.5. The van der Waals surface area contributed by atoms with Crippen molar-refractivity contribution >= 4 is 17.5 Å². The number of alkyl halides is 1. The van der Waals surface area contributed by atoms with Crippen molar-refractivity contribution in [2.75, 3.05) is 12.4 Å². The van der Waals surface area contributed by atoms with E-state index in [1.807, 2.05) is 0 Å². The van der Waals surface area contributed by atoms with Crippen LogP contribution >= 0.6 is 11.6 Å². The Morgan fingerprint density at radius 1 is 1.32 bits per heavy atom. The fraction of sp³-hybridized carbons (Fsp3) is 0.500. The molecule has 0 spiro atoms. The number of carbonyl (C=O) groups excluding carboxylic acids is 1. The average Bonchev–Trinajstić information content (AvgIpc) is 2.85. The minimum absolute atomic E-state index is 0.0757. The molecular weight excluding hydrogens is 272 g/mol. The van der Waals surface area contributed by atoms with Crippen molar-refractivity contribution in [1.82, 2.24) is 5.32 Å². The number of halogens is 3. The zero-order valence-electron chi connectivity index (χ0n) is 10.5. The summed E-state index contributed by atoms with van der Waals surface area (Å²) in [6, 6.07) is 2.94. The van der Waals surface area contributed by atoms with Gasteiger partial charge < -0.3 is 5.32 Å². The topological polar surface area (TPSA) is 29.1 Å². The molecule has 1 aliphatic carbocycles. The third-order valence-electron chi connectivity index (χ3n) is 3.75. The van der Waals surface area contributed by atoms with Gasteiger partial charge in [-0.15, -0.1) is 11.6 Å². The van der Waals surface area contributed by atoms with Gasteiger partial charge in [-0.05, 0) is 25.0 Å². The first-order valence-electron chi connectivity index (χ1n) is 6.36. The summed E-state index contributed by atoms with van der Waals surface area (Å²) in [5.74, 6) is -1.57. The Kier molecular flexibility index (Phi) is 4.40. The van der Waals surface area contributed by atoms with E-state index in [9.17, 15) is 13.6 Å². The Morgan fingerprint density at radius 3 is 2.58 bits per heavy atom. The van der Waals surface area contributed by atoms with E-state index in [0.29, 0.717) is 18.5 Å². The highest BCUT2D eigenvalue weighted by Crippen LogP contribution is 2.38. The molecule has 1 aromatic rings. The summed E-state index contributed by atoms with van der Waals surface area (Å²) in [6.45, 7) is 0.437. The van der Waals surface area contributed by atoms with Crippen molar-refractivity contribution in [3.63, 3.8) is 0 Å². The van der Waals surface area contributed by atoms with E-state index >= 15 is 0 Å². The monoisotopic (exact) mass is 287 g/mol. The van der Waals surface area contributed by atoms with Crippen LogP contribution < -0.4 is 5.32 Å². The third-order valence-corrected chi connectivity index (χ3v) is 4.31. The highest BCUT2D eigenvalue weighted by Gasteiger charge is 2.33. The molecule has 1 aliphatic rings. The highest BCUT2D eigenvalue weighted by atomic mass is 35.5. The molecule has 0 aliphatic heterocycles. The van der Waals surface area contributed by atoms with Crippen LogP contribution in [0, 0.1) is 17.0 Å². The second kappa shape index (κ2) is 5.87. The second-order valence-corrected chi connectivity index (χ2v) is 5.41. The van der Waals surface area contributed by atoms with Crippen LogP contribution in [-0.4, -0.2) is 18.3 Å². The first-order chi connectivity index (χ1) is 9.06. The van der Waals surface area contributed by atoms with E-state index in [1.54, 1.807) is 0 Å². The number of rotatable bonds is 4. The van der Waals surface area contributed by atoms with Crippen LogP contribution in [0.4, 0.5) is 8.78 Å². The van der Waals surface area contributed by atoms with Gasteiger partial charge in [0.2, 0.25) is 0 Å². The lowest BCUT2D eigenvalue weighted by molar-refractivity contribution is 0.0931. The molecular formula is C14H16ClF2NO. The molecule has 104 valence electrons. The molecule has 1 fully saturated rings. The summed E-state index contributed by atoms with van der Waals surface area (Å²) < 4.78 is 26.2. The van der Waals surface area contributed by atoms with Gasteiger partial charge in [-0.3, -0.25) is 4.79 Å². The standard InChI is InChI=1S/C14H16ClF2NO/c15-8-14(5-1-2-6-14)9-18-13(19)11-4-3-10(16)7-12(11)17/h3-4,7H,1-2,5-6,8-9H2,(H,18,19). The largest absolute Gasteiger partial charge is 0.351 e. The number of hydrogen-bond donors (Lipinski definition) is 1. The average molecular weight is 288 g/mol. The lowest BCUT2D eigenvalue weighted by Crippen LogP contribution is -2.37. The van der Waals surface area contributed by atoms with Crippen molar-refractivity contribution < 1.29 is 13.6 Å². The fourth-order valence-corrected chi connectivity index (χ4v) is 2.88. The summed E-state index contributed by atoms with van der Waals surface area (Å²) >= 11 is 5.97. The van der Waals surface area contributed by atoms with Crippen LogP contribution in [0.3, 0.4) is 0 Å². The molecule has 5 heteroatoms. The molecule has 1 amide bonds. The van der Waals surface area contributed by atoms with Crippen molar-refractivity contribution in [2.24, 2.45) is 5.41 Å². The van der Waals surface area contributed by atoms with Crippen LogP contribution in [0.1, 0.15) is 36.0 Å². The van der Waals surface area contributed by atoms with E-state index in [2.05, 4.69) is 5.32 Å². The van der Waals surface area contributed by atoms with Crippen molar-refractivity contribution in [3.05, 3.63) is 35.4 Å². The SMILES string of the molecule is O=C(NCC1(CCl)CCCC1)c1ccc(F)cc1F. The summed E-state index contributed by atoms with van der Waals surface area (Å²) in [5.41, 5.74) is -0.211. The quantitative estimate of drug-likeness (QED) is 0.844. The first kappa shape index (κ1) is 14.3. The van der Waals surface area contributed by atoms with E-state index in [-0.39, 0.29) is 11.0 Å². The molecule has 1 saturated carbocycles. The maximum Gasteiger partial charge on any atom is 0.254 e. The van der Waals surface area contributed by atoms with Gasteiger partial charge >= 0.3 is 0 Å². The zero-order chi connectivity index (χ0) is 13.9. The summed E-state index contributed by atoms with van der Waals surface area (Å²) in [6.07, 6.45) is 4.16. The molecule has 0 aromatic heterocycles. The number of nitrogens with one attached hydrogen (secondary N) is 1. The molecule has 2 nitrogen and oxygen atoms in total. The Morgan fingerprint density at radius 2 is 2.00 bits per heavy atom. The van der Waals surface area contributed by atoms with Gasteiger partial charge in [0.05, 0.1) is 5.56 Å². The van der Waals surface area contributed by atoms with Crippen LogP contribution in [0.2, 0.25) is 0 Å². The number of hydrogen-bond acceptors (Lipinski definition) is 1. The summed E-state index contributed by atoms with van der Waals surface area (Å²) in [5, 5.41) is 2.71. The molecule has 0 atom stereocenters. The van der Waals surface area contributed by atoms with Crippen LogP contribution in [-0.2, 0) is 0 Å². The van der Waals surface area contributed by atoms with Gasteiger partial charge in [0.15, 0.2) is 0 Å². The molecule has 0 heterocycles. The molecule has 0 bridgehead atoms. The minimum Gasteiger partial charge on any atom is -0.351 e. The molecule has 2 rings (SSSR count). The maximum atomic E-state index is 13.5. The van der Waals surface area contributed by atoms with Gasteiger partial charge in [-0.1, -0.05) is 12.8 Å². The van der Waals surface area contributed by atoms with E-state index in [0.717, 1.165) is 37.8 Å². The fourth-order valence-electron chi connectivity index (χ4n) is 2.52. The van der Waals surface area contributed by atoms with E-state index in [4.69, 9.17) is 11.6 Å². The number of carbonyl (C=O) groups is 1. The summed E-state index contributed by atoms with van der Waals surface area (Å²) in [4.78, 5) is 11.9. The zero-order valence-corrected chi connectivity index (χ0v) is 11.3. The highest BCUT2D eigenvalue weighted by molar-refractivity contribution is 6.18. The van der Waals surface area contributed by atoms with E-state index in [1.165, 1.54) is 0 Å². The van der Waals surface area contributed by atoms with E-state index < -0.39 is 17.5 Å². The summed E-state index contributed by atoms with van der Waals surface area (Å²) in [7, 11) is 0. The van der Waals surface area contributed by atoms with Crippen LogP contribution in [0.15, 0.2) is 18.2 Å². The van der Waals surface area contributed by atoms with Gasteiger partial charge in [0, 0.05) is 23.9 Å². The van der Waals surface area contributed by atoms with Gasteiger partial charge in [0.25, 0.3) is 5.91 Å². The van der Waals surface area contributed by atoms with Crippen molar-refractivity contribution in [1.29, 1.82) is 0 Å². The Labute approximate surface area is 116 Å². The third kappa shape index (κ3) is 3.24. The molecule has 0 saturated heterocycles. The molecule has 0 unspecified atom stereocenters. The molecule has 1 N–H and O–H groups in total. The Bertz CT molecular complexity index is 473. The Hall–Kier alpha value is -1.16. The number of amides is 1. The normalized spacial score (nSPS) is 17.4. The first-order valence-corrected chi connectivity index (χ1v) is 6.89. The predicted molar refractivity (Wildman–Crippen MR) is 70.3 cm³/mol. The van der Waals surface area contributed by atoms with Gasteiger partial charge in [-0.2, -0.15) is 0 Å². The van der Waals surface area contributed by atoms with Crippen LogP contribution in [0.5, 0.6) is 0 Å².